The highest BCUT2D eigenvalue weighted by Crippen LogP contribution is 1.82. The highest BCUT2D eigenvalue weighted by atomic mass is 16.5. The van der Waals surface area contributed by atoms with Crippen LogP contribution in [0.5, 0.6) is 0 Å². The van der Waals surface area contributed by atoms with E-state index in [1.807, 2.05) is 13.8 Å². The van der Waals surface area contributed by atoms with Gasteiger partial charge in [0.05, 0.1) is 13.2 Å². The van der Waals surface area contributed by atoms with Crippen LogP contribution < -0.4 is 5.32 Å². The molecule has 2 N–H and O–H groups in total. The summed E-state index contributed by atoms with van der Waals surface area (Å²) in [6, 6.07) is 0. The van der Waals surface area contributed by atoms with Gasteiger partial charge in [-0.3, -0.25) is 5.32 Å². The Hall–Kier alpha value is -0.120. The van der Waals surface area contributed by atoms with Gasteiger partial charge in [-0.15, -0.1) is 0 Å². The quantitative estimate of drug-likeness (QED) is 0.517. The molecule has 1 unspecified atom stereocenters. The summed E-state index contributed by atoms with van der Waals surface area (Å²) >= 11 is 0. The molecule has 9 heavy (non-hydrogen) atoms. The molecular weight excluding hydrogens is 118 g/mol. The van der Waals surface area contributed by atoms with Crippen molar-refractivity contribution >= 4 is 0 Å². The van der Waals surface area contributed by atoms with E-state index in [0.717, 1.165) is 6.54 Å². The molecule has 0 fully saturated rings. The number of aliphatic hydroxyl groups excluding tert-OH is 1. The fraction of sp³-hybridized carbons (Fsp3) is 1.00. The Bertz CT molecular complexity index is 59.0. The smallest absolute Gasteiger partial charge is 0.105 e. The maximum Gasteiger partial charge on any atom is 0.105 e. The van der Waals surface area contributed by atoms with E-state index in [0.29, 0.717) is 6.61 Å². The van der Waals surface area contributed by atoms with Crippen molar-refractivity contribution in [1.29, 1.82) is 0 Å². The Morgan fingerprint density at radius 1 is 1.67 bits per heavy atom. The second-order valence-corrected chi connectivity index (χ2v) is 1.79. The molecule has 1 atom stereocenters. The van der Waals surface area contributed by atoms with E-state index in [1.54, 1.807) is 0 Å². The van der Waals surface area contributed by atoms with Gasteiger partial charge in [0.15, 0.2) is 0 Å². The maximum absolute atomic E-state index is 8.33. The lowest BCUT2D eigenvalue weighted by Gasteiger charge is -2.11. The molecule has 0 radical (unpaired) electrons. The summed E-state index contributed by atoms with van der Waals surface area (Å²) in [5, 5.41) is 11.4. The van der Waals surface area contributed by atoms with Crippen LogP contribution in [0.2, 0.25) is 0 Å². The van der Waals surface area contributed by atoms with Crippen LogP contribution in [-0.2, 0) is 4.74 Å². The van der Waals surface area contributed by atoms with Crippen molar-refractivity contribution in [3.05, 3.63) is 0 Å². The van der Waals surface area contributed by atoms with Gasteiger partial charge in [0.1, 0.15) is 6.23 Å². The summed E-state index contributed by atoms with van der Waals surface area (Å²) in [4.78, 5) is 0. The fourth-order valence-electron chi connectivity index (χ4n) is 0.576. The molecule has 0 spiro atoms. The number of aliphatic hydroxyl groups is 1. The topological polar surface area (TPSA) is 41.5 Å². The Balaban J connectivity index is 2.95. The molecule has 0 saturated heterocycles. The molecule has 0 amide bonds. The average Bonchev–Trinajstić information content (AvgIpc) is 1.85. The zero-order valence-electron chi connectivity index (χ0n) is 6.05. The summed E-state index contributed by atoms with van der Waals surface area (Å²) in [6.45, 7) is 5.33. The van der Waals surface area contributed by atoms with Crippen LogP contribution in [-0.4, -0.2) is 31.1 Å². The highest BCUT2D eigenvalue weighted by molar-refractivity contribution is 4.42. The first kappa shape index (κ1) is 8.88. The van der Waals surface area contributed by atoms with Crippen molar-refractivity contribution < 1.29 is 9.84 Å². The van der Waals surface area contributed by atoms with Crippen LogP contribution in [0.25, 0.3) is 0 Å². The minimum absolute atomic E-state index is 0.0575. The first-order valence-electron chi connectivity index (χ1n) is 3.27. The van der Waals surface area contributed by atoms with Crippen molar-refractivity contribution in [1.82, 2.24) is 5.32 Å². The Labute approximate surface area is 56.0 Å². The van der Waals surface area contributed by atoms with Crippen LogP contribution in [0.1, 0.15) is 13.8 Å². The molecule has 0 rings (SSSR count). The Kier molecular flexibility index (Phi) is 5.93. The van der Waals surface area contributed by atoms with Crippen molar-refractivity contribution in [3.8, 4) is 0 Å². The predicted molar refractivity (Wildman–Crippen MR) is 36.2 cm³/mol. The van der Waals surface area contributed by atoms with Crippen LogP contribution in [0.15, 0.2) is 0 Å². The lowest BCUT2D eigenvalue weighted by atomic mass is 10.6. The van der Waals surface area contributed by atoms with Crippen LogP contribution in [0, 0.1) is 0 Å². The second-order valence-electron chi connectivity index (χ2n) is 1.79. The molecule has 0 aromatic rings. The summed E-state index contributed by atoms with van der Waals surface area (Å²) < 4.78 is 5.07. The van der Waals surface area contributed by atoms with Crippen molar-refractivity contribution in [2.75, 3.05) is 19.8 Å². The molecule has 0 aromatic carbocycles. The van der Waals surface area contributed by atoms with E-state index in [2.05, 4.69) is 5.32 Å². The van der Waals surface area contributed by atoms with Gasteiger partial charge in [-0.2, -0.15) is 0 Å². The van der Waals surface area contributed by atoms with Gasteiger partial charge in [0.2, 0.25) is 0 Å². The van der Waals surface area contributed by atoms with Crippen LogP contribution in [0.3, 0.4) is 0 Å². The van der Waals surface area contributed by atoms with Gasteiger partial charge in [-0.1, -0.05) is 6.92 Å². The monoisotopic (exact) mass is 133 g/mol. The first-order valence-corrected chi connectivity index (χ1v) is 3.27. The van der Waals surface area contributed by atoms with E-state index in [-0.39, 0.29) is 12.8 Å². The largest absolute Gasteiger partial charge is 0.394 e. The Morgan fingerprint density at radius 2 is 2.33 bits per heavy atom. The van der Waals surface area contributed by atoms with Gasteiger partial charge in [0.25, 0.3) is 0 Å². The van der Waals surface area contributed by atoms with E-state index in [4.69, 9.17) is 9.84 Å². The minimum atomic E-state index is 0.0575. The number of ether oxygens (including phenoxy) is 1. The Morgan fingerprint density at radius 3 is 2.78 bits per heavy atom. The summed E-state index contributed by atoms with van der Waals surface area (Å²) in [5.41, 5.74) is 0. The number of hydrogen-bond donors (Lipinski definition) is 2. The van der Waals surface area contributed by atoms with Crippen LogP contribution >= 0.6 is 0 Å². The number of rotatable bonds is 5. The highest BCUT2D eigenvalue weighted by Gasteiger charge is 1.95. The normalized spacial score (nSPS) is 13.7. The minimum Gasteiger partial charge on any atom is -0.394 e. The molecule has 0 heterocycles. The van der Waals surface area contributed by atoms with E-state index < -0.39 is 0 Å². The third-order valence-electron chi connectivity index (χ3n) is 0.951. The standard InChI is InChI=1S/C6H15NO2/c1-3-7-6(2)9-5-4-8/h6-8H,3-5H2,1-2H3. The molecule has 0 aliphatic heterocycles. The van der Waals surface area contributed by atoms with Crippen molar-refractivity contribution in [3.63, 3.8) is 0 Å². The molecule has 3 heteroatoms. The van der Waals surface area contributed by atoms with E-state index in [9.17, 15) is 0 Å². The molecular formula is C6H15NO2. The van der Waals surface area contributed by atoms with Gasteiger partial charge < -0.3 is 9.84 Å². The fourth-order valence-corrected chi connectivity index (χ4v) is 0.576. The summed E-state index contributed by atoms with van der Waals surface area (Å²) in [6.07, 6.45) is 0.0575. The SMILES string of the molecule is CCNC(C)OCCO. The zero-order chi connectivity index (χ0) is 7.11. The zero-order valence-corrected chi connectivity index (χ0v) is 6.05. The lowest BCUT2D eigenvalue weighted by molar-refractivity contribution is 0.0214. The molecule has 0 aliphatic rings. The second kappa shape index (κ2) is 6.01. The average molecular weight is 133 g/mol. The van der Waals surface area contributed by atoms with Gasteiger partial charge >= 0.3 is 0 Å². The molecule has 0 saturated carbocycles. The van der Waals surface area contributed by atoms with Gasteiger partial charge in [-0.05, 0) is 13.5 Å². The van der Waals surface area contributed by atoms with Gasteiger partial charge in [-0.25, -0.2) is 0 Å². The van der Waals surface area contributed by atoms with Crippen LogP contribution in [0.4, 0.5) is 0 Å². The van der Waals surface area contributed by atoms with E-state index >= 15 is 0 Å². The van der Waals surface area contributed by atoms with Gasteiger partial charge in [0, 0.05) is 0 Å². The van der Waals surface area contributed by atoms with Crippen molar-refractivity contribution in [2.24, 2.45) is 0 Å². The molecule has 0 aromatic heterocycles. The maximum atomic E-state index is 8.33. The number of hydrogen-bond acceptors (Lipinski definition) is 3. The summed E-state index contributed by atoms with van der Waals surface area (Å²) in [7, 11) is 0. The number of nitrogens with one attached hydrogen (secondary N) is 1. The lowest BCUT2D eigenvalue weighted by Crippen LogP contribution is -2.29. The molecule has 0 aliphatic carbocycles. The molecule has 0 bridgehead atoms. The molecule has 3 nitrogen and oxygen atoms in total. The summed E-state index contributed by atoms with van der Waals surface area (Å²) in [5.74, 6) is 0. The predicted octanol–water partition coefficient (Wildman–Crippen LogP) is -0.0492. The molecule has 56 valence electrons. The van der Waals surface area contributed by atoms with Crippen molar-refractivity contribution in [2.45, 2.75) is 20.1 Å². The first-order chi connectivity index (χ1) is 4.31. The third kappa shape index (κ3) is 5.76. The van der Waals surface area contributed by atoms with E-state index in [1.165, 1.54) is 0 Å². The third-order valence-corrected chi connectivity index (χ3v) is 0.951.